The van der Waals surface area contributed by atoms with Crippen LogP contribution in [0.1, 0.15) is 22.5 Å². The quantitative estimate of drug-likeness (QED) is 0.717. The van der Waals surface area contributed by atoms with E-state index in [9.17, 15) is 4.79 Å². The van der Waals surface area contributed by atoms with Gasteiger partial charge in [-0.15, -0.1) is 0 Å². The summed E-state index contributed by atoms with van der Waals surface area (Å²) in [5, 5.41) is 8.65. The van der Waals surface area contributed by atoms with Crippen molar-refractivity contribution in [3.63, 3.8) is 0 Å². The Hall–Kier alpha value is -1.93. The largest absolute Gasteiger partial charge is 0.380 e. The molecule has 1 aromatic rings. The second-order valence-electron chi connectivity index (χ2n) is 3.80. The fourth-order valence-electron chi connectivity index (χ4n) is 1.70. The van der Waals surface area contributed by atoms with Crippen molar-refractivity contribution in [1.29, 1.82) is 5.26 Å². The Kier molecular flexibility index (Phi) is 3.68. The smallest absolute Gasteiger partial charge is 0.272 e. The summed E-state index contributed by atoms with van der Waals surface area (Å²) < 4.78 is 5.29. The van der Waals surface area contributed by atoms with E-state index in [1.807, 2.05) is 6.07 Å². The Morgan fingerprint density at radius 2 is 2.29 bits per heavy atom. The second kappa shape index (κ2) is 5.41. The van der Waals surface area contributed by atoms with Gasteiger partial charge in [0.2, 0.25) is 0 Å². The van der Waals surface area contributed by atoms with Gasteiger partial charge in [-0.25, -0.2) is 4.98 Å². The molecule has 1 saturated heterocycles. The number of nitriles is 1. The summed E-state index contributed by atoms with van der Waals surface area (Å²) in [5.41, 5.74) is 0.839. The molecule has 0 spiro atoms. The van der Waals surface area contributed by atoms with Crippen LogP contribution in [0.5, 0.6) is 0 Å². The molecule has 0 aromatic carbocycles. The third-order valence-corrected chi connectivity index (χ3v) is 2.62. The standard InChI is InChI=1S/C12H13N3O2/c13-8-10-2-3-11(14-9-10)12(16)15-4-1-6-17-7-5-15/h2-3,9H,1,4-7H2. The van der Waals surface area contributed by atoms with Crippen molar-refractivity contribution < 1.29 is 9.53 Å². The molecular weight excluding hydrogens is 218 g/mol. The summed E-state index contributed by atoms with van der Waals surface area (Å²) in [6.07, 6.45) is 2.27. The van der Waals surface area contributed by atoms with Gasteiger partial charge < -0.3 is 9.64 Å². The molecule has 0 unspecified atom stereocenters. The van der Waals surface area contributed by atoms with Crippen molar-refractivity contribution in [2.24, 2.45) is 0 Å². The number of amides is 1. The molecule has 88 valence electrons. The van der Waals surface area contributed by atoms with Gasteiger partial charge in [0.25, 0.3) is 5.91 Å². The number of rotatable bonds is 1. The van der Waals surface area contributed by atoms with Crippen LogP contribution in [0.4, 0.5) is 0 Å². The highest BCUT2D eigenvalue weighted by Gasteiger charge is 2.18. The van der Waals surface area contributed by atoms with Crippen LogP contribution in [0.15, 0.2) is 18.3 Å². The van der Waals surface area contributed by atoms with Crippen LogP contribution in [0.3, 0.4) is 0 Å². The highest BCUT2D eigenvalue weighted by atomic mass is 16.5. The lowest BCUT2D eigenvalue weighted by Crippen LogP contribution is -2.33. The van der Waals surface area contributed by atoms with Gasteiger partial charge in [-0.2, -0.15) is 5.26 Å². The number of carbonyl (C=O) groups is 1. The van der Waals surface area contributed by atoms with Crippen molar-refractivity contribution in [1.82, 2.24) is 9.88 Å². The lowest BCUT2D eigenvalue weighted by molar-refractivity contribution is 0.0735. The van der Waals surface area contributed by atoms with Gasteiger partial charge in [0.05, 0.1) is 12.2 Å². The number of nitrogens with zero attached hydrogens (tertiary/aromatic N) is 3. The van der Waals surface area contributed by atoms with Crippen LogP contribution < -0.4 is 0 Å². The van der Waals surface area contributed by atoms with Crippen molar-refractivity contribution >= 4 is 5.91 Å². The molecule has 1 aliphatic rings. The second-order valence-corrected chi connectivity index (χ2v) is 3.80. The van der Waals surface area contributed by atoms with Gasteiger partial charge in [-0.1, -0.05) is 0 Å². The molecule has 5 nitrogen and oxygen atoms in total. The average molecular weight is 231 g/mol. The highest BCUT2D eigenvalue weighted by molar-refractivity contribution is 5.92. The van der Waals surface area contributed by atoms with Crippen molar-refractivity contribution in [2.75, 3.05) is 26.3 Å². The number of hydrogen-bond donors (Lipinski definition) is 0. The van der Waals surface area contributed by atoms with Crippen LogP contribution in [-0.2, 0) is 4.74 Å². The van der Waals surface area contributed by atoms with Crippen LogP contribution in [0, 0.1) is 11.3 Å². The normalized spacial score (nSPS) is 16.1. The fourth-order valence-corrected chi connectivity index (χ4v) is 1.70. The Bertz CT molecular complexity index is 428. The lowest BCUT2D eigenvalue weighted by atomic mass is 10.2. The third-order valence-electron chi connectivity index (χ3n) is 2.62. The summed E-state index contributed by atoms with van der Waals surface area (Å²) in [4.78, 5) is 17.8. The number of ether oxygens (including phenoxy) is 1. The molecule has 2 rings (SSSR count). The molecule has 0 radical (unpaired) electrons. The molecule has 17 heavy (non-hydrogen) atoms. The van der Waals surface area contributed by atoms with Crippen molar-refractivity contribution in [3.05, 3.63) is 29.6 Å². The van der Waals surface area contributed by atoms with Crippen LogP contribution in [0.2, 0.25) is 0 Å². The molecule has 1 aliphatic heterocycles. The molecule has 0 N–H and O–H groups in total. The highest BCUT2D eigenvalue weighted by Crippen LogP contribution is 2.06. The summed E-state index contributed by atoms with van der Waals surface area (Å²) in [6, 6.07) is 5.17. The van der Waals surface area contributed by atoms with E-state index in [1.54, 1.807) is 17.0 Å². The summed E-state index contributed by atoms with van der Waals surface area (Å²) >= 11 is 0. The first-order valence-electron chi connectivity index (χ1n) is 5.54. The zero-order valence-electron chi connectivity index (χ0n) is 9.43. The minimum Gasteiger partial charge on any atom is -0.380 e. The van der Waals surface area contributed by atoms with Crippen LogP contribution >= 0.6 is 0 Å². The van der Waals surface area contributed by atoms with Gasteiger partial charge in [-0.05, 0) is 18.6 Å². The minimum absolute atomic E-state index is 0.0972. The number of pyridine rings is 1. The molecule has 0 atom stereocenters. The maximum absolute atomic E-state index is 12.1. The van der Waals surface area contributed by atoms with Crippen LogP contribution in [-0.4, -0.2) is 42.1 Å². The zero-order valence-corrected chi connectivity index (χ0v) is 9.43. The summed E-state index contributed by atoms with van der Waals surface area (Å²) in [5.74, 6) is -0.0972. The van der Waals surface area contributed by atoms with E-state index in [1.165, 1.54) is 6.20 Å². The number of hydrogen-bond acceptors (Lipinski definition) is 4. The third kappa shape index (κ3) is 2.80. The maximum Gasteiger partial charge on any atom is 0.272 e. The molecule has 5 heteroatoms. The van der Waals surface area contributed by atoms with Gasteiger partial charge in [0.15, 0.2) is 0 Å². The fraction of sp³-hybridized carbons (Fsp3) is 0.417. The van der Waals surface area contributed by atoms with Crippen molar-refractivity contribution in [2.45, 2.75) is 6.42 Å². The van der Waals surface area contributed by atoms with E-state index >= 15 is 0 Å². The average Bonchev–Trinajstić information content (AvgIpc) is 2.67. The predicted molar refractivity (Wildman–Crippen MR) is 60.3 cm³/mol. The topological polar surface area (TPSA) is 66.2 Å². The molecule has 2 heterocycles. The van der Waals surface area contributed by atoms with Gasteiger partial charge >= 0.3 is 0 Å². The van der Waals surface area contributed by atoms with Gasteiger partial charge in [0.1, 0.15) is 11.8 Å². The summed E-state index contributed by atoms with van der Waals surface area (Å²) in [6.45, 7) is 2.56. The van der Waals surface area contributed by atoms with E-state index in [0.717, 1.165) is 6.42 Å². The van der Waals surface area contributed by atoms with Gasteiger partial charge in [0, 0.05) is 25.9 Å². The van der Waals surface area contributed by atoms with Crippen molar-refractivity contribution in [3.8, 4) is 6.07 Å². The van der Waals surface area contributed by atoms with E-state index in [0.29, 0.717) is 37.6 Å². The molecule has 0 aliphatic carbocycles. The Labute approximate surface area is 99.6 Å². The predicted octanol–water partition coefficient (Wildman–Crippen LogP) is 0.816. The Morgan fingerprint density at radius 3 is 3.00 bits per heavy atom. The first kappa shape index (κ1) is 11.6. The monoisotopic (exact) mass is 231 g/mol. The van der Waals surface area contributed by atoms with Crippen LogP contribution in [0.25, 0.3) is 0 Å². The van der Waals surface area contributed by atoms with E-state index in [4.69, 9.17) is 10.00 Å². The molecule has 1 aromatic heterocycles. The SMILES string of the molecule is N#Cc1ccc(C(=O)N2CCCOCC2)nc1. The number of carbonyl (C=O) groups excluding carboxylic acids is 1. The first-order valence-corrected chi connectivity index (χ1v) is 5.54. The van der Waals surface area contributed by atoms with Gasteiger partial charge in [-0.3, -0.25) is 4.79 Å². The minimum atomic E-state index is -0.0972. The van der Waals surface area contributed by atoms with E-state index < -0.39 is 0 Å². The molecule has 0 saturated carbocycles. The number of aromatic nitrogens is 1. The van der Waals surface area contributed by atoms with E-state index in [-0.39, 0.29) is 5.91 Å². The Balaban J connectivity index is 2.09. The summed E-state index contributed by atoms with van der Waals surface area (Å²) in [7, 11) is 0. The molecule has 1 amide bonds. The first-order chi connectivity index (χ1) is 8.31. The maximum atomic E-state index is 12.1. The molecule has 0 bridgehead atoms. The lowest BCUT2D eigenvalue weighted by Gasteiger charge is -2.18. The molecule has 1 fully saturated rings. The molecular formula is C12H13N3O2. The Morgan fingerprint density at radius 1 is 1.41 bits per heavy atom. The zero-order chi connectivity index (χ0) is 12.1. The van der Waals surface area contributed by atoms with E-state index in [2.05, 4.69) is 4.98 Å².